The number of carbonyl (C=O) groups excluding carboxylic acids is 2. The number of aryl methyl sites for hydroxylation is 1. The number of fused-ring (bicyclic) bond motifs is 4. The second-order valence-electron chi connectivity index (χ2n) is 7.08. The van der Waals surface area contributed by atoms with Gasteiger partial charge in [-0.15, -0.1) is 11.3 Å². The largest absolute Gasteiger partial charge is 0.332 e. The lowest BCUT2D eigenvalue weighted by molar-refractivity contribution is -0.140. The molecule has 0 radical (unpaired) electrons. The van der Waals surface area contributed by atoms with E-state index in [0.29, 0.717) is 19.6 Å². The Kier molecular flexibility index (Phi) is 4.63. The van der Waals surface area contributed by atoms with Crippen molar-refractivity contribution < 1.29 is 9.59 Å². The molecule has 0 saturated carbocycles. The number of anilines is 1. The van der Waals surface area contributed by atoms with Gasteiger partial charge in [-0.25, -0.2) is 9.78 Å². The number of urea groups is 1. The van der Waals surface area contributed by atoms with Gasteiger partial charge in [-0.05, 0) is 37.5 Å². The highest BCUT2D eigenvalue weighted by Gasteiger charge is 2.42. The number of piperidine rings is 1. The SMILES string of the molecule is Cc1cccc(NC(=O)N2C[C@H]3CC[C@@H](C2)N(Cc2cscn2)C3=O)c1. The fraction of sp³-hybridized carbons (Fsp3) is 0.421. The number of aromatic nitrogens is 1. The highest BCUT2D eigenvalue weighted by molar-refractivity contribution is 7.07. The summed E-state index contributed by atoms with van der Waals surface area (Å²) >= 11 is 1.54. The quantitative estimate of drug-likeness (QED) is 0.903. The van der Waals surface area contributed by atoms with E-state index < -0.39 is 0 Å². The van der Waals surface area contributed by atoms with Crippen LogP contribution in [-0.2, 0) is 11.3 Å². The molecular formula is C19H22N4O2S. The molecule has 0 unspecified atom stereocenters. The lowest BCUT2D eigenvalue weighted by atomic mass is 9.94. The summed E-state index contributed by atoms with van der Waals surface area (Å²) in [7, 11) is 0. The molecule has 5 rings (SSSR count). The Bertz CT molecular complexity index is 808. The number of nitrogens with zero attached hydrogens (tertiary/aromatic N) is 3. The molecular weight excluding hydrogens is 348 g/mol. The molecule has 3 aliphatic heterocycles. The van der Waals surface area contributed by atoms with Crippen molar-refractivity contribution in [2.24, 2.45) is 5.92 Å². The standard InChI is InChI=1S/C19H22N4O2S/c1-13-3-2-4-15(7-13)21-19(25)22-8-14-5-6-17(10-22)23(18(14)24)9-16-11-26-12-20-16/h2-4,7,11-12,14,17H,5-6,8-10H2,1H3,(H,21,25)/t14-,17+/m1/s1. The maximum atomic E-state index is 12.8. The minimum absolute atomic E-state index is 0.0613. The first-order chi connectivity index (χ1) is 12.6. The van der Waals surface area contributed by atoms with E-state index in [9.17, 15) is 9.59 Å². The van der Waals surface area contributed by atoms with Crippen molar-refractivity contribution in [1.29, 1.82) is 0 Å². The van der Waals surface area contributed by atoms with Crippen molar-refractivity contribution in [3.05, 3.63) is 46.4 Å². The molecule has 2 aromatic rings. The number of nitrogens with one attached hydrogen (secondary N) is 1. The molecule has 6 nitrogen and oxygen atoms in total. The maximum absolute atomic E-state index is 12.8. The van der Waals surface area contributed by atoms with E-state index in [0.717, 1.165) is 29.8 Å². The fourth-order valence-electron chi connectivity index (χ4n) is 3.83. The van der Waals surface area contributed by atoms with Crippen molar-refractivity contribution in [1.82, 2.24) is 14.8 Å². The van der Waals surface area contributed by atoms with E-state index in [2.05, 4.69) is 10.3 Å². The van der Waals surface area contributed by atoms with Gasteiger partial charge in [0.15, 0.2) is 0 Å². The highest BCUT2D eigenvalue weighted by atomic mass is 32.1. The van der Waals surface area contributed by atoms with Crippen molar-refractivity contribution in [3.8, 4) is 0 Å². The number of carbonyl (C=O) groups is 2. The Morgan fingerprint density at radius 1 is 1.35 bits per heavy atom. The van der Waals surface area contributed by atoms with Gasteiger partial charge in [0.2, 0.25) is 5.91 Å². The van der Waals surface area contributed by atoms with E-state index in [4.69, 9.17) is 0 Å². The van der Waals surface area contributed by atoms with Crippen LogP contribution in [0.5, 0.6) is 0 Å². The molecule has 3 saturated heterocycles. The van der Waals surface area contributed by atoms with Gasteiger partial charge in [-0.1, -0.05) is 12.1 Å². The zero-order valence-corrected chi connectivity index (χ0v) is 15.5. The van der Waals surface area contributed by atoms with Crippen LogP contribution in [0.25, 0.3) is 0 Å². The molecule has 2 bridgehead atoms. The van der Waals surface area contributed by atoms with Crippen LogP contribution in [0.3, 0.4) is 0 Å². The van der Waals surface area contributed by atoms with Crippen LogP contribution >= 0.6 is 11.3 Å². The van der Waals surface area contributed by atoms with Gasteiger partial charge in [0.25, 0.3) is 0 Å². The lowest BCUT2D eigenvalue weighted by Crippen LogP contribution is -2.47. The lowest BCUT2D eigenvalue weighted by Gasteiger charge is -2.35. The molecule has 1 aromatic heterocycles. The predicted molar refractivity (Wildman–Crippen MR) is 101 cm³/mol. The Morgan fingerprint density at radius 2 is 2.23 bits per heavy atom. The van der Waals surface area contributed by atoms with Crippen LogP contribution in [-0.4, -0.2) is 45.9 Å². The van der Waals surface area contributed by atoms with E-state index in [1.807, 2.05) is 41.5 Å². The summed E-state index contributed by atoms with van der Waals surface area (Å²) in [5.74, 6) is 0.0377. The molecule has 0 aliphatic carbocycles. The smallest absolute Gasteiger partial charge is 0.321 e. The minimum atomic E-state index is -0.129. The molecule has 7 heteroatoms. The fourth-order valence-corrected chi connectivity index (χ4v) is 4.38. The monoisotopic (exact) mass is 370 g/mol. The second-order valence-corrected chi connectivity index (χ2v) is 7.80. The molecule has 1 aromatic carbocycles. The van der Waals surface area contributed by atoms with Gasteiger partial charge in [0.05, 0.1) is 23.7 Å². The zero-order chi connectivity index (χ0) is 18.1. The Balaban J connectivity index is 1.48. The summed E-state index contributed by atoms with van der Waals surface area (Å²) < 4.78 is 0. The molecule has 4 heterocycles. The third kappa shape index (κ3) is 3.44. The van der Waals surface area contributed by atoms with Crippen LogP contribution in [0.1, 0.15) is 24.1 Å². The van der Waals surface area contributed by atoms with Crippen LogP contribution in [0.2, 0.25) is 0 Å². The number of hydrogen-bond donors (Lipinski definition) is 1. The van der Waals surface area contributed by atoms with Gasteiger partial charge < -0.3 is 15.1 Å². The molecule has 1 N–H and O–H groups in total. The summed E-state index contributed by atoms with van der Waals surface area (Å²) in [4.78, 5) is 33.6. The predicted octanol–water partition coefficient (Wildman–Crippen LogP) is 3.11. The molecule has 3 amide bonds. The first-order valence-electron chi connectivity index (χ1n) is 8.90. The van der Waals surface area contributed by atoms with Gasteiger partial charge >= 0.3 is 6.03 Å². The van der Waals surface area contributed by atoms with Gasteiger partial charge in [0, 0.05) is 30.2 Å². The highest BCUT2D eigenvalue weighted by Crippen LogP contribution is 2.30. The Hall–Kier alpha value is -2.41. The number of benzene rings is 1. The molecule has 0 spiro atoms. The van der Waals surface area contributed by atoms with Crippen molar-refractivity contribution in [2.45, 2.75) is 32.4 Å². The van der Waals surface area contributed by atoms with Crippen molar-refractivity contribution in [3.63, 3.8) is 0 Å². The zero-order valence-electron chi connectivity index (χ0n) is 14.7. The molecule has 26 heavy (non-hydrogen) atoms. The number of hydrogen-bond acceptors (Lipinski definition) is 4. The molecule has 3 aliphatic rings. The third-order valence-corrected chi connectivity index (χ3v) is 5.80. The summed E-state index contributed by atoms with van der Waals surface area (Å²) in [6.45, 7) is 3.60. The normalized spacial score (nSPS) is 22.4. The van der Waals surface area contributed by atoms with Crippen LogP contribution < -0.4 is 5.32 Å². The third-order valence-electron chi connectivity index (χ3n) is 5.17. The van der Waals surface area contributed by atoms with E-state index in [1.165, 1.54) is 11.3 Å². The summed E-state index contributed by atoms with van der Waals surface area (Å²) in [6, 6.07) is 7.69. The van der Waals surface area contributed by atoms with Gasteiger partial charge in [-0.3, -0.25) is 4.79 Å². The van der Waals surface area contributed by atoms with Crippen LogP contribution in [0, 0.1) is 12.8 Å². The van der Waals surface area contributed by atoms with Gasteiger partial charge in [0.1, 0.15) is 0 Å². The molecule has 2 atom stereocenters. The van der Waals surface area contributed by atoms with Gasteiger partial charge in [-0.2, -0.15) is 0 Å². The topological polar surface area (TPSA) is 65.5 Å². The molecule has 3 fully saturated rings. The molecule has 136 valence electrons. The average molecular weight is 370 g/mol. The van der Waals surface area contributed by atoms with E-state index >= 15 is 0 Å². The number of thiazole rings is 1. The first kappa shape index (κ1) is 17.0. The van der Waals surface area contributed by atoms with Crippen molar-refractivity contribution >= 4 is 29.0 Å². The Morgan fingerprint density at radius 3 is 3.00 bits per heavy atom. The number of amides is 3. The summed E-state index contributed by atoms with van der Waals surface area (Å²) in [6.07, 6.45) is 1.79. The second kappa shape index (κ2) is 7.07. The first-order valence-corrected chi connectivity index (χ1v) is 9.84. The van der Waals surface area contributed by atoms with Crippen LogP contribution in [0.15, 0.2) is 35.2 Å². The van der Waals surface area contributed by atoms with Crippen molar-refractivity contribution in [2.75, 3.05) is 18.4 Å². The number of rotatable bonds is 3. The van der Waals surface area contributed by atoms with E-state index in [1.54, 1.807) is 10.4 Å². The van der Waals surface area contributed by atoms with Crippen LogP contribution in [0.4, 0.5) is 10.5 Å². The van der Waals surface area contributed by atoms with E-state index in [-0.39, 0.29) is 23.9 Å². The minimum Gasteiger partial charge on any atom is -0.332 e. The summed E-state index contributed by atoms with van der Waals surface area (Å²) in [5, 5.41) is 4.95. The Labute approximate surface area is 156 Å². The summed E-state index contributed by atoms with van der Waals surface area (Å²) in [5.41, 5.74) is 4.60. The average Bonchev–Trinajstić information content (AvgIpc) is 2.97. The maximum Gasteiger partial charge on any atom is 0.321 e.